The summed E-state index contributed by atoms with van der Waals surface area (Å²) < 4.78 is 21.0. The molecule has 0 unspecified atom stereocenters. The van der Waals surface area contributed by atoms with E-state index in [1.54, 1.807) is 7.05 Å². The summed E-state index contributed by atoms with van der Waals surface area (Å²) in [5, 5.41) is 23.1. The molecule has 3 rings (SSSR count). The average Bonchev–Trinajstić information content (AvgIpc) is 3.00. The van der Waals surface area contributed by atoms with Crippen molar-refractivity contribution in [1.29, 1.82) is 0 Å². The van der Waals surface area contributed by atoms with Crippen LogP contribution in [0.15, 0.2) is 24.5 Å². The molecule has 1 aromatic carbocycles. The Balaban J connectivity index is 0.00000261. The van der Waals surface area contributed by atoms with Crippen molar-refractivity contribution in [3.63, 3.8) is 0 Å². The second-order valence-electron chi connectivity index (χ2n) is 5.14. The van der Waals surface area contributed by atoms with E-state index in [0.29, 0.717) is 5.56 Å². The van der Waals surface area contributed by atoms with Gasteiger partial charge in [-0.3, -0.25) is 4.68 Å². The van der Waals surface area contributed by atoms with Crippen LogP contribution in [-0.2, 0) is 26.5 Å². The van der Waals surface area contributed by atoms with Gasteiger partial charge in [0.2, 0.25) is 0 Å². The standard InChI is InChI=1S/C15H12ClFN6O3.Zn/c1-23-6-18-14(22-23)8-3-7(17)4-10(13(8)26-2)19-9-5-11(16)20-21-12(9)15(24)25;/h3-6H,1-2H3,(H,19,20)(H,24,25);. The molecule has 2 heterocycles. The molecule has 3 aromatic rings. The molecule has 9 nitrogen and oxygen atoms in total. The summed E-state index contributed by atoms with van der Waals surface area (Å²) in [6.45, 7) is 0. The number of carbonyl (C=O) groups is 1. The fraction of sp³-hybridized carbons (Fsp3) is 0.133. The van der Waals surface area contributed by atoms with Gasteiger partial charge in [0.1, 0.15) is 12.1 Å². The number of carboxylic acids is 1. The van der Waals surface area contributed by atoms with E-state index < -0.39 is 11.8 Å². The van der Waals surface area contributed by atoms with Crippen LogP contribution >= 0.6 is 11.6 Å². The van der Waals surface area contributed by atoms with Gasteiger partial charge in [0.15, 0.2) is 22.4 Å². The number of hydrogen-bond donors (Lipinski definition) is 2. The topological polar surface area (TPSA) is 115 Å². The Labute approximate surface area is 170 Å². The summed E-state index contributed by atoms with van der Waals surface area (Å²) in [7, 11) is 3.06. The van der Waals surface area contributed by atoms with Gasteiger partial charge in [-0.15, -0.1) is 10.2 Å². The van der Waals surface area contributed by atoms with Gasteiger partial charge in [0.05, 0.1) is 24.0 Å². The molecule has 0 saturated carbocycles. The SMILES string of the molecule is COc1c(Nc2cc(Cl)nnc2C(=O)O)cc(F)cc1-c1ncn(C)n1.[Zn]. The normalized spacial score (nSPS) is 10.2. The molecule has 0 bridgehead atoms. The van der Waals surface area contributed by atoms with Crippen LogP contribution in [0.25, 0.3) is 11.4 Å². The van der Waals surface area contributed by atoms with Gasteiger partial charge in [0, 0.05) is 38.7 Å². The number of halogens is 2. The van der Waals surface area contributed by atoms with E-state index >= 15 is 0 Å². The van der Waals surface area contributed by atoms with E-state index in [0.717, 1.165) is 6.07 Å². The number of hydrogen-bond acceptors (Lipinski definition) is 7. The average molecular weight is 444 g/mol. The van der Waals surface area contributed by atoms with Gasteiger partial charge in [-0.25, -0.2) is 14.2 Å². The van der Waals surface area contributed by atoms with Crippen LogP contribution in [0.1, 0.15) is 10.5 Å². The summed E-state index contributed by atoms with van der Waals surface area (Å²) in [6.07, 6.45) is 1.46. The Morgan fingerprint density at radius 1 is 1.30 bits per heavy atom. The van der Waals surface area contributed by atoms with Gasteiger partial charge in [0.25, 0.3) is 0 Å². The summed E-state index contributed by atoms with van der Waals surface area (Å²) in [6, 6.07) is 3.63. The van der Waals surface area contributed by atoms with Crippen LogP contribution in [0.4, 0.5) is 15.8 Å². The van der Waals surface area contributed by atoms with Crippen LogP contribution in [0.5, 0.6) is 5.75 Å². The molecule has 0 aliphatic carbocycles. The molecule has 0 atom stereocenters. The first kappa shape index (κ1) is 20.7. The summed E-state index contributed by atoms with van der Waals surface area (Å²) in [4.78, 5) is 15.4. The van der Waals surface area contributed by atoms with Crippen LogP contribution < -0.4 is 10.1 Å². The van der Waals surface area contributed by atoms with E-state index in [-0.39, 0.29) is 53.3 Å². The zero-order valence-electron chi connectivity index (χ0n) is 14.3. The molecule has 0 fully saturated rings. The first-order valence-electron chi connectivity index (χ1n) is 7.16. The van der Waals surface area contributed by atoms with Crippen molar-refractivity contribution in [3.8, 4) is 17.1 Å². The number of ether oxygens (including phenoxy) is 1. The molecule has 0 aliphatic heterocycles. The summed E-state index contributed by atoms with van der Waals surface area (Å²) in [5.41, 5.74) is 0.0988. The Bertz CT molecular complexity index is 1000. The number of carboxylic acid groups (broad SMARTS) is 1. The van der Waals surface area contributed by atoms with E-state index in [1.165, 1.54) is 30.3 Å². The number of aromatic carboxylic acids is 1. The number of benzene rings is 1. The number of aromatic nitrogens is 5. The molecule has 27 heavy (non-hydrogen) atoms. The zero-order valence-corrected chi connectivity index (χ0v) is 18.0. The summed E-state index contributed by atoms with van der Waals surface area (Å²) >= 11 is 5.79. The van der Waals surface area contributed by atoms with Crippen molar-refractivity contribution in [2.24, 2.45) is 7.05 Å². The molecule has 0 radical (unpaired) electrons. The number of aryl methyl sites for hydroxylation is 1. The predicted molar refractivity (Wildman–Crippen MR) is 90.2 cm³/mol. The maximum absolute atomic E-state index is 14.1. The third-order valence-electron chi connectivity index (χ3n) is 3.33. The van der Waals surface area contributed by atoms with Gasteiger partial charge >= 0.3 is 5.97 Å². The van der Waals surface area contributed by atoms with Crippen molar-refractivity contribution in [2.45, 2.75) is 0 Å². The van der Waals surface area contributed by atoms with E-state index in [9.17, 15) is 14.3 Å². The van der Waals surface area contributed by atoms with Gasteiger partial charge < -0.3 is 15.2 Å². The number of methoxy groups -OCH3 is 1. The largest absolute Gasteiger partial charge is 0.494 e. The van der Waals surface area contributed by atoms with Crippen LogP contribution in [0, 0.1) is 5.82 Å². The van der Waals surface area contributed by atoms with E-state index in [4.69, 9.17) is 16.3 Å². The van der Waals surface area contributed by atoms with Crippen molar-refractivity contribution in [2.75, 3.05) is 12.4 Å². The second kappa shape index (κ2) is 8.36. The van der Waals surface area contributed by atoms with E-state index in [2.05, 4.69) is 25.6 Å². The smallest absolute Gasteiger partial charge is 0.358 e. The van der Waals surface area contributed by atoms with Crippen molar-refractivity contribution < 1.29 is 38.5 Å². The fourth-order valence-electron chi connectivity index (χ4n) is 2.30. The minimum atomic E-state index is -1.32. The molecule has 0 spiro atoms. The Kier molecular flexibility index (Phi) is 6.40. The van der Waals surface area contributed by atoms with Crippen LogP contribution in [0.3, 0.4) is 0 Å². The molecule has 2 N–H and O–H groups in total. The minimum Gasteiger partial charge on any atom is -0.494 e. The number of anilines is 2. The third kappa shape index (κ3) is 4.37. The monoisotopic (exact) mass is 442 g/mol. The maximum atomic E-state index is 14.1. The third-order valence-corrected chi connectivity index (χ3v) is 3.52. The Morgan fingerprint density at radius 3 is 2.63 bits per heavy atom. The molecule has 12 heteroatoms. The van der Waals surface area contributed by atoms with E-state index in [1.807, 2.05) is 0 Å². The predicted octanol–water partition coefficient (Wildman–Crippen LogP) is 2.51. The number of nitrogens with zero attached hydrogens (tertiary/aromatic N) is 5. The molecular weight excluding hydrogens is 432 g/mol. The first-order chi connectivity index (χ1) is 12.4. The van der Waals surface area contributed by atoms with Gasteiger partial charge in [-0.2, -0.15) is 5.10 Å². The fourth-order valence-corrected chi connectivity index (χ4v) is 2.45. The number of nitrogens with one attached hydrogen (secondary N) is 1. The van der Waals surface area contributed by atoms with Gasteiger partial charge in [-0.05, 0) is 6.07 Å². The first-order valence-corrected chi connectivity index (χ1v) is 7.54. The maximum Gasteiger partial charge on any atom is 0.358 e. The van der Waals surface area contributed by atoms with Crippen molar-refractivity contribution >= 4 is 28.9 Å². The molecule has 2 aromatic heterocycles. The van der Waals surface area contributed by atoms with Crippen LogP contribution in [-0.4, -0.2) is 43.1 Å². The minimum absolute atomic E-state index is 0. The zero-order chi connectivity index (χ0) is 18.8. The Morgan fingerprint density at radius 2 is 2.04 bits per heavy atom. The quantitative estimate of drug-likeness (QED) is 0.578. The Hall–Kier alpha value is -2.65. The molecule has 0 aliphatic rings. The van der Waals surface area contributed by atoms with Crippen molar-refractivity contribution in [1.82, 2.24) is 25.0 Å². The van der Waals surface area contributed by atoms with Crippen molar-refractivity contribution in [3.05, 3.63) is 41.2 Å². The summed E-state index contributed by atoms with van der Waals surface area (Å²) in [5.74, 6) is -1.45. The molecule has 136 valence electrons. The molecule has 0 saturated heterocycles. The second-order valence-corrected chi connectivity index (χ2v) is 5.52. The molecule has 0 amide bonds. The molecular formula is C15H12ClFN6O3Zn. The van der Waals surface area contributed by atoms with Gasteiger partial charge in [-0.1, -0.05) is 11.6 Å². The number of rotatable bonds is 5. The van der Waals surface area contributed by atoms with Crippen LogP contribution in [0.2, 0.25) is 5.15 Å².